The van der Waals surface area contributed by atoms with Crippen LogP contribution in [-0.2, 0) is 12.7 Å². The van der Waals surface area contributed by atoms with Crippen LogP contribution >= 0.6 is 11.3 Å². The van der Waals surface area contributed by atoms with Crippen molar-refractivity contribution in [2.75, 3.05) is 6.54 Å². The molecular formula is C12H19F3N4S. The summed E-state index contributed by atoms with van der Waals surface area (Å²) in [5, 5.41) is 7.58. The summed E-state index contributed by atoms with van der Waals surface area (Å²) in [7, 11) is 0. The molecule has 0 aromatic carbocycles. The van der Waals surface area contributed by atoms with Crippen LogP contribution in [0.15, 0.2) is 10.4 Å². The smallest absolute Gasteiger partial charge is 0.357 e. The van der Waals surface area contributed by atoms with E-state index in [0.717, 1.165) is 23.1 Å². The van der Waals surface area contributed by atoms with Gasteiger partial charge in [0.05, 0.1) is 6.54 Å². The number of hydrogen-bond acceptors (Lipinski definition) is 3. The number of aliphatic imine (C=N–C) groups is 1. The molecular weight excluding hydrogens is 289 g/mol. The summed E-state index contributed by atoms with van der Waals surface area (Å²) in [6.45, 7) is 6.80. The maximum absolute atomic E-state index is 12.4. The zero-order valence-electron chi connectivity index (χ0n) is 11.7. The van der Waals surface area contributed by atoms with Crippen LogP contribution in [0, 0.1) is 0 Å². The fraction of sp³-hybridized carbons (Fsp3) is 0.667. The number of alkyl halides is 3. The van der Waals surface area contributed by atoms with Crippen LogP contribution in [0.2, 0.25) is 0 Å². The van der Waals surface area contributed by atoms with Gasteiger partial charge in [-0.05, 0) is 20.3 Å². The van der Waals surface area contributed by atoms with Gasteiger partial charge in [-0.15, -0.1) is 11.3 Å². The summed E-state index contributed by atoms with van der Waals surface area (Å²) in [6.07, 6.45) is -3.46. The first-order valence-electron chi connectivity index (χ1n) is 6.43. The SMILES string of the molecule is CCNC(=NCc1nc(C(F)(F)F)cs1)NC(C)CC. The Morgan fingerprint density at radius 3 is 2.65 bits per heavy atom. The minimum Gasteiger partial charge on any atom is -0.357 e. The van der Waals surface area contributed by atoms with Crippen molar-refractivity contribution in [1.29, 1.82) is 0 Å². The molecule has 1 atom stereocenters. The van der Waals surface area contributed by atoms with Crippen LogP contribution in [0.25, 0.3) is 0 Å². The first kappa shape index (κ1) is 16.7. The summed E-state index contributed by atoms with van der Waals surface area (Å²) in [5.41, 5.74) is -0.854. The third kappa shape index (κ3) is 5.36. The minimum atomic E-state index is -4.39. The zero-order chi connectivity index (χ0) is 15.2. The van der Waals surface area contributed by atoms with Crippen molar-refractivity contribution in [2.24, 2.45) is 4.99 Å². The Balaban J connectivity index is 2.69. The molecule has 0 aliphatic rings. The van der Waals surface area contributed by atoms with Crippen LogP contribution in [-0.4, -0.2) is 23.5 Å². The summed E-state index contributed by atoms with van der Waals surface area (Å²) in [5.74, 6) is 0.589. The normalized spacial score (nSPS) is 14.2. The predicted molar refractivity (Wildman–Crippen MR) is 74.8 cm³/mol. The largest absolute Gasteiger partial charge is 0.434 e. The van der Waals surface area contributed by atoms with E-state index >= 15 is 0 Å². The highest BCUT2D eigenvalue weighted by Gasteiger charge is 2.33. The molecule has 1 rings (SSSR count). The number of guanidine groups is 1. The van der Waals surface area contributed by atoms with Crippen molar-refractivity contribution in [3.8, 4) is 0 Å². The van der Waals surface area contributed by atoms with Gasteiger partial charge in [0, 0.05) is 18.0 Å². The Kier molecular flexibility index (Phi) is 6.25. The lowest BCUT2D eigenvalue weighted by Crippen LogP contribution is -2.41. The average Bonchev–Trinajstić information content (AvgIpc) is 2.84. The van der Waals surface area contributed by atoms with Gasteiger partial charge in [0.1, 0.15) is 5.01 Å². The average molecular weight is 308 g/mol. The van der Waals surface area contributed by atoms with E-state index in [1.807, 2.05) is 20.8 Å². The Hall–Kier alpha value is -1.31. The van der Waals surface area contributed by atoms with E-state index in [1.165, 1.54) is 0 Å². The summed E-state index contributed by atoms with van der Waals surface area (Å²) in [6, 6.07) is 0.245. The van der Waals surface area contributed by atoms with E-state index in [-0.39, 0.29) is 12.6 Å². The lowest BCUT2D eigenvalue weighted by Gasteiger charge is -2.15. The van der Waals surface area contributed by atoms with Gasteiger partial charge in [-0.2, -0.15) is 13.2 Å². The summed E-state index contributed by atoms with van der Waals surface area (Å²) in [4.78, 5) is 7.79. The highest BCUT2D eigenvalue weighted by Crippen LogP contribution is 2.30. The maximum atomic E-state index is 12.4. The van der Waals surface area contributed by atoms with Gasteiger partial charge < -0.3 is 10.6 Å². The second-order valence-corrected chi connectivity index (χ2v) is 5.22. The molecule has 0 radical (unpaired) electrons. The molecule has 1 heterocycles. The van der Waals surface area contributed by atoms with E-state index in [9.17, 15) is 13.2 Å². The second-order valence-electron chi connectivity index (χ2n) is 4.27. The Morgan fingerprint density at radius 2 is 2.15 bits per heavy atom. The Morgan fingerprint density at radius 1 is 1.45 bits per heavy atom. The van der Waals surface area contributed by atoms with E-state index in [2.05, 4.69) is 20.6 Å². The molecule has 20 heavy (non-hydrogen) atoms. The molecule has 4 nitrogen and oxygen atoms in total. The monoisotopic (exact) mass is 308 g/mol. The van der Waals surface area contributed by atoms with Gasteiger partial charge in [0.15, 0.2) is 11.7 Å². The molecule has 8 heteroatoms. The summed E-state index contributed by atoms with van der Waals surface area (Å²) >= 11 is 0.967. The van der Waals surface area contributed by atoms with Gasteiger partial charge in [-0.25, -0.2) is 9.98 Å². The number of rotatable bonds is 5. The Bertz CT molecular complexity index is 442. The van der Waals surface area contributed by atoms with Crippen molar-refractivity contribution < 1.29 is 13.2 Å². The zero-order valence-corrected chi connectivity index (χ0v) is 12.5. The van der Waals surface area contributed by atoms with Gasteiger partial charge in [-0.1, -0.05) is 6.92 Å². The molecule has 0 spiro atoms. The number of thiazole rings is 1. The molecule has 2 N–H and O–H groups in total. The van der Waals surface area contributed by atoms with Gasteiger partial charge in [-0.3, -0.25) is 0 Å². The Labute approximate surface area is 120 Å². The first-order valence-corrected chi connectivity index (χ1v) is 7.31. The quantitative estimate of drug-likeness (QED) is 0.649. The van der Waals surface area contributed by atoms with Crippen molar-refractivity contribution >= 4 is 17.3 Å². The molecule has 114 valence electrons. The molecule has 1 aromatic rings. The third-order valence-electron chi connectivity index (χ3n) is 2.55. The van der Waals surface area contributed by atoms with E-state index in [0.29, 0.717) is 17.5 Å². The lowest BCUT2D eigenvalue weighted by atomic mass is 10.3. The molecule has 0 aliphatic carbocycles. The van der Waals surface area contributed by atoms with Crippen LogP contribution in [0.3, 0.4) is 0 Å². The van der Waals surface area contributed by atoms with Crippen molar-refractivity contribution in [3.63, 3.8) is 0 Å². The molecule has 0 saturated heterocycles. The molecule has 1 unspecified atom stereocenters. The first-order chi connectivity index (χ1) is 9.36. The highest BCUT2D eigenvalue weighted by molar-refractivity contribution is 7.09. The van der Waals surface area contributed by atoms with Crippen molar-refractivity contribution in [2.45, 2.75) is 46.0 Å². The fourth-order valence-corrected chi connectivity index (χ4v) is 2.04. The van der Waals surface area contributed by atoms with Gasteiger partial charge in [0.25, 0.3) is 0 Å². The topological polar surface area (TPSA) is 49.3 Å². The van der Waals surface area contributed by atoms with Gasteiger partial charge in [0.2, 0.25) is 0 Å². The molecule has 0 fully saturated rings. The van der Waals surface area contributed by atoms with Crippen LogP contribution < -0.4 is 10.6 Å². The van der Waals surface area contributed by atoms with Crippen molar-refractivity contribution in [1.82, 2.24) is 15.6 Å². The predicted octanol–water partition coefficient (Wildman–Crippen LogP) is 3.02. The minimum absolute atomic E-state index is 0.131. The molecule has 0 bridgehead atoms. The number of nitrogens with zero attached hydrogens (tertiary/aromatic N) is 2. The molecule has 1 aromatic heterocycles. The number of nitrogens with one attached hydrogen (secondary N) is 2. The number of hydrogen-bond donors (Lipinski definition) is 2. The van der Waals surface area contributed by atoms with Crippen LogP contribution in [0.1, 0.15) is 37.9 Å². The van der Waals surface area contributed by atoms with E-state index in [4.69, 9.17) is 0 Å². The molecule has 0 aliphatic heterocycles. The molecule has 0 saturated carbocycles. The third-order valence-corrected chi connectivity index (χ3v) is 3.39. The number of aromatic nitrogens is 1. The maximum Gasteiger partial charge on any atom is 0.434 e. The van der Waals surface area contributed by atoms with E-state index in [1.54, 1.807) is 0 Å². The highest BCUT2D eigenvalue weighted by atomic mass is 32.1. The summed E-state index contributed by atoms with van der Waals surface area (Å²) < 4.78 is 37.3. The number of halogens is 3. The second kappa shape index (κ2) is 7.47. The van der Waals surface area contributed by atoms with Crippen LogP contribution in [0.4, 0.5) is 13.2 Å². The standard InChI is InChI=1S/C12H19F3N4S/c1-4-8(3)18-11(16-5-2)17-6-10-19-9(7-20-10)12(13,14)15/h7-8H,4-6H2,1-3H3,(H2,16,17,18). The fourth-order valence-electron chi connectivity index (χ4n) is 1.32. The lowest BCUT2D eigenvalue weighted by molar-refractivity contribution is -0.140. The van der Waals surface area contributed by atoms with E-state index < -0.39 is 11.9 Å². The molecule has 0 amide bonds. The van der Waals surface area contributed by atoms with Gasteiger partial charge >= 0.3 is 6.18 Å². The van der Waals surface area contributed by atoms with Crippen LogP contribution in [0.5, 0.6) is 0 Å². The van der Waals surface area contributed by atoms with Crippen molar-refractivity contribution in [3.05, 3.63) is 16.1 Å².